The molecule has 3 aromatic rings. The number of aromatic amines is 1. The third kappa shape index (κ3) is 3.70. The van der Waals surface area contributed by atoms with Crippen LogP contribution in [-0.2, 0) is 11.2 Å². The van der Waals surface area contributed by atoms with Crippen LogP contribution in [0.2, 0.25) is 0 Å². The van der Waals surface area contributed by atoms with E-state index in [0.717, 1.165) is 17.5 Å². The summed E-state index contributed by atoms with van der Waals surface area (Å²) >= 11 is 0. The highest BCUT2D eigenvalue weighted by atomic mass is 16.4. The first-order chi connectivity index (χ1) is 14.0. The Hall–Kier alpha value is -2.93. The number of piperidine rings is 1. The highest BCUT2D eigenvalue weighted by molar-refractivity contribution is 5.87. The van der Waals surface area contributed by atoms with Crippen LogP contribution in [0.1, 0.15) is 30.7 Å². The molecule has 0 saturated carbocycles. The molecule has 152 valence electrons. The summed E-state index contributed by atoms with van der Waals surface area (Å²) in [5.74, 6) is 0.401. The number of rotatable bonds is 6. The lowest BCUT2D eigenvalue weighted by atomic mass is 9.73. The van der Waals surface area contributed by atoms with Crippen LogP contribution in [0.3, 0.4) is 0 Å². The molecule has 0 unspecified atom stereocenters. The van der Waals surface area contributed by atoms with Crippen molar-refractivity contribution >= 4 is 22.8 Å². The van der Waals surface area contributed by atoms with E-state index in [0.29, 0.717) is 37.4 Å². The van der Waals surface area contributed by atoms with Crippen LogP contribution in [0, 0.1) is 12.3 Å². The number of aliphatic hydroxyl groups is 1. The van der Waals surface area contributed by atoms with Gasteiger partial charge in [-0.3, -0.25) is 4.79 Å². The van der Waals surface area contributed by atoms with Gasteiger partial charge < -0.3 is 20.1 Å². The van der Waals surface area contributed by atoms with E-state index in [-0.39, 0.29) is 6.54 Å². The van der Waals surface area contributed by atoms with Gasteiger partial charge in [0, 0.05) is 19.3 Å². The lowest BCUT2D eigenvalue weighted by Gasteiger charge is -2.44. The molecule has 0 amide bonds. The highest BCUT2D eigenvalue weighted by Crippen LogP contribution is 2.38. The molecule has 2 aromatic heterocycles. The summed E-state index contributed by atoms with van der Waals surface area (Å²) in [6, 6.07) is 11.9. The summed E-state index contributed by atoms with van der Waals surface area (Å²) in [5, 5.41) is 20.9. The largest absolute Gasteiger partial charge is 0.481 e. The molecule has 4 rings (SSSR count). The zero-order valence-corrected chi connectivity index (χ0v) is 16.5. The van der Waals surface area contributed by atoms with Crippen molar-refractivity contribution in [3.8, 4) is 0 Å². The van der Waals surface area contributed by atoms with Gasteiger partial charge in [-0.25, -0.2) is 9.97 Å². The molecule has 7 heteroatoms. The number of benzene rings is 1. The predicted molar refractivity (Wildman–Crippen MR) is 111 cm³/mol. The maximum atomic E-state index is 12.4. The Kier molecular flexibility index (Phi) is 5.24. The minimum absolute atomic E-state index is 0.225. The van der Waals surface area contributed by atoms with Crippen molar-refractivity contribution in [2.75, 3.05) is 18.0 Å². The van der Waals surface area contributed by atoms with Gasteiger partial charge in [0.05, 0.1) is 11.6 Å². The molecule has 3 N–H and O–H groups in total. The number of carboxylic acids is 1. The van der Waals surface area contributed by atoms with Crippen molar-refractivity contribution < 1.29 is 15.0 Å². The zero-order chi connectivity index (χ0) is 20.4. The Bertz CT molecular complexity index is 1000. The van der Waals surface area contributed by atoms with E-state index in [9.17, 15) is 15.0 Å². The molecular weight excluding hydrogens is 368 g/mol. The van der Waals surface area contributed by atoms with Crippen LogP contribution in [0.25, 0.3) is 11.0 Å². The Morgan fingerprint density at radius 3 is 2.83 bits per heavy atom. The van der Waals surface area contributed by atoms with Crippen LogP contribution >= 0.6 is 0 Å². The molecule has 7 nitrogen and oxygen atoms in total. The molecule has 1 aromatic carbocycles. The number of anilines is 1. The number of aliphatic hydroxyl groups excluding tert-OH is 1. The number of aromatic nitrogens is 3. The summed E-state index contributed by atoms with van der Waals surface area (Å²) in [5.41, 5.74) is 1.57. The molecule has 2 atom stereocenters. The standard InChI is InChI=1S/C22H26N4O3/c1-15-24-17-9-12-23-19(17)20(25-15)26-13-10-18(27)22(14-26,21(28)29)11-5-8-16-6-3-2-4-7-16/h2-4,6-7,9,12,18,23,27H,5,8,10-11,13-14H2,1H3,(H,28,29)/t18-,22-/m1/s1. The second kappa shape index (κ2) is 7.83. The summed E-state index contributed by atoms with van der Waals surface area (Å²) in [7, 11) is 0. The molecule has 0 bridgehead atoms. The summed E-state index contributed by atoms with van der Waals surface area (Å²) in [6.07, 6.45) is 3.22. The van der Waals surface area contributed by atoms with Crippen LogP contribution in [0.15, 0.2) is 42.6 Å². The molecule has 1 fully saturated rings. The Balaban J connectivity index is 1.59. The lowest BCUT2D eigenvalue weighted by Crippen LogP contribution is -2.56. The van der Waals surface area contributed by atoms with Gasteiger partial charge in [0.15, 0.2) is 5.82 Å². The second-order valence-corrected chi connectivity index (χ2v) is 7.86. The summed E-state index contributed by atoms with van der Waals surface area (Å²) < 4.78 is 0. The van der Waals surface area contributed by atoms with Crippen LogP contribution in [0.5, 0.6) is 0 Å². The number of hydrogen-bond acceptors (Lipinski definition) is 5. The first kappa shape index (κ1) is 19.4. The average Bonchev–Trinajstić information content (AvgIpc) is 3.18. The Morgan fingerprint density at radius 2 is 2.07 bits per heavy atom. The fraction of sp³-hybridized carbons (Fsp3) is 0.409. The number of hydrogen-bond donors (Lipinski definition) is 3. The quantitative estimate of drug-likeness (QED) is 0.594. The number of H-pyrrole nitrogens is 1. The highest BCUT2D eigenvalue weighted by Gasteiger charge is 2.49. The van der Waals surface area contributed by atoms with E-state index in [4.69, 9.17) is 0 Å². The fourth-order valence-corrected chi connectivity index (χ4v) is 4.35. The van der Waals surface area contributed by atoms with E-state index in [1.165, 1.54) is 5.56 Å². The van der Waals surface area contributed by atoms with E-state index >= 15 is 0 Å². The Labute approximate surface area is 169 Å². The van der Waals surface area contributed by atoms with Crippen molar-refractivity contribution in [1.82, 2.24) is 15.0 Å². The van der Waals surface area contributed by atoms with Gasteiger partial charge in [0.25, 0.3) is 0 Å². The fourth-order valence-electron chi connectivity index (χ4n) is 4.35. The second-order valence-electron chi connectivity index (χ2n) is 7.86. The maximum Gasteiger partial charge on any atom is 0.314 e. The molecule has 29 heavy (non-hydrogen) atoms. The van der Waals surface area contributed by atoms with Crippen molar-refractivity contribution in [3.63, 3.8) is 0 Å². The topological polar surface area (TPSA) is 102 Å². The van der Waals surface area contributed by atoms with E-state index < -0.39 is 17.5 Å². The number of carbonyl (C=O) groups is 1. The van der Waals surface area contributed by atoms with E-state index in [1.54, 1.807) is 0 Å². The van der Waals surface area contributed by atoms with E-state index in [2.05, 4.69) is 15.0 Å². The lowest BCUT2D eigenvalue weighted by molar-refractivity contribution is -0.158. The number of carboxylic acid groups (broad SMARTS) is 1. The van der Waals surface area contributed by atoms with Crippen molar-refractivity contribution in [1.29, 1.82) is 0 Å². The van der Waals surface area contributed by atoms with Gasteiger partial charge in [-0.05, 0) is 44.2 Å². The van der Waals surface area contributed by atoms with Gasteiger partial charge in [0.1, 0.15) is 16.8 Å². The minimum Gasteiger partial charge on any atom is -0.481 e. The normalized spacial score (nSPS) is 22.1. The Morgan fingerprint density at radius 1 is 1.28 bits per heavy atom. The molecule has 0 aliphatic carbocycles. The number of aliphatic carboxylic acids is 1. The number of fused-ring (bicyclic) bond motifs is 1. The molecule has 0 radical (unpaired) electrons. The minimum atomic E-state index is -1.22. The monoisotopic (exact) mass is 394 g/mol. The average molecular weight is 394 g/mol. The summed E-state index contributed by atoms with van der Waals surface area (Å²) in [4.78, 5) is 26.5. The number of aryl methyl sites for hydroxylation is 2. The number of nitrogens with one attached hydrogen (secondary N) is 1. The third-order valence-corrected chi connectivity index (χ3v) is 5.94. The van der Waals surface area contributed by atoms with Gasteiger partial charge in [-0.15, -0.1) is 0 Å². The van der Waals surface area contributed by atoms with Gasteiger partial charge in [0.2, 0.25) is 0 Å². The van der Waals surface area contributed by atoms with Crippen LogP contribution in [0.4, 0.5) is 5.82 Å². The predicted octanol–water partition coefficient (Wildman–Crippen LogP) is 2.93. The zero-order valence-electron chi connectivity index (χ0n) is 16.5. The van der Waals surface area contributed by atoms with Crippen LogP contribution in [-0.4, -0.2) is 50.3 Å². The first-order valence-corrected chi connectivity index (χ1v) is 10.0. The van der Waals surface area contributed by atoms with Gasteiger partial charge in [-0.1, -0.05) is 30.3 Å². The van der Waals surface area contributed by atoms with Gasteiger partial charge >= 0.3 is 5.97 Å². The molecule has 3 heterocycles. The van der Waals surface area contributed by atoms with Gasteiger partial charge in [-0.2, -0.15) is 0 Å². The van der Waals surface area contributed by atoms with Crippen molar-refractivity contribution in [2.45, 2.75) is 38.7 Å². The molecule has 1 aliphatic rings. The SMILES string of the molecule is Cc1nc(N2CC[C@@H](O)[C@](CCCc3ccccc3)(C(=O)O)C2)c2[nH]ccc2n1. The first-order valence-electron chi connectivity index (χ1n) is 10.0. The smallest absolute Gasteiger partial charge is 0.314 e. The summed E-state index contributed by atoms with van der Waals surface area (Å²) in [6.45, 7) is 2.61. The third-order valence-electron chi connectivity index (χ3n) is 5.94. The van der Waals surface area contributed by atoms with Crippen LogP contribution < -0.4 is 4.90 Å². The maximum absolute atomic E-state index is 12.4. The molecular formula is C22H26N4O3. The van der Waals surface area contributed by atoms with E-state index in [1.807, 2.05) is 54.4 Å². The van der Waals surface area contributed by atoms with Crippen molar-refractivity contribution in [2.24, 2.45) is 5.41 Å². The molecule has 1 saturated heterocycles. The van der Waals surface area contributed by atoms with Crippen molar-refractivity contribution in [3.05, 3.63) is 54.0 Å². The number of nitrogens with zero attached hydrogens (tertiary/aromatic N) is 3. The molecule has 0 spiro atoms. The molecule has 1 aliphatic heterocycles.